The molecule has 5 N–H and O–H groups in total. The van der Waals surface area contributed by atoms with Crippen molar-refractivity contribution >= 4 is 29.5 Å². The zero-order valence-electron chi connectivity index (χ0n) is 24.7. The van der Waals surface area contributed by atoms with Crippen LogP contribution in [0.5, 0.6) is 5.75 Å². The maximum atomic E-state index is 14.1. The molecule has 2 unspecified atom stereocenters. The second kappa shape index (κ2) is 15.6. The highest BCUT2D eigenvalue weighted by molar-refractivity contribution is 6.00. The van der Waals surface area contributed by atoms with E-state index in [1.54, 1.807) is 45.0 Å². The molecule has 2 aromatic carbocycles. The van der Waals surface area contributed by atoms with Crippen LogP contribution < -0.4 is 16.4 Å². The number of nitrogens with zero attached hydrogens (tertiary/aromatic N) is 1. The van der Waals surface area contributed by atoms with Gasteiger partial charge in [-0.15, -0.1) is 0 Å². The first-order valence-electron chi connectivity index (χ1n) is 14.1. The molecular weight excluding hydrogens is 524 g/mol. The number of aromatic hydroxyl groups is 1. The number of ether oxygens (including phenoxy) is 1. The topological polar surface area (TPSA) is 151 Å². The summed E-state index contributed by atoms with van der Waals surface area (Å²) in [7, 11) is 0. The van der Waals surface area contributed by atoms with E-state index < -0.39 is 47.9 Å². The number of hydrogen-bond donors (Lipinski definition) is 4. The van der Waals surface area contributed by atoms with Crippen LogP contribution in [-0.4, -0.2) is 52.0 Å². The van der Waals surface area contributed by atoms with E-state index in [4.69, 9.17) is 10.5 Å². The number of primary amides is 1. The van der Waals surface area contributed by atoms with Gasteiger partial charge in [0, 0.05) is 12.2 Å². The van der Waals surface area contributed by atoms with Gasteiger partial charge in [-0.3, -0.25) is 14.4 Å². The van der Waals surface area contributed by atoms with Crippen molar-refractivity contribution in [3.8, 4) is 5.75 Å². The van der Waals surface area contributed by atoms with Crippen molar-refractivity contribution in [1.82, 2.24) is 10.2 Å². The molecule has 0 saturated heterocycles. The number of aryl methyl sites for hydroxylation is 1. The quantitative estimate of drug-likeness (QED) is 0.237. The Hall–Kier alpha value is -4.08. The number of nitrogens with two attached hydrogens (primary N) is 1. The van der Waals surface area contributed by atoms with Gasteiger partial charge in [0.05, 0.1) is 6.42 Å². The van der Waals surface area contributed by atoms with Crippen molar-refractivity contribution in [2.45, 2.75) is 90.8 Å². The third kappa shape index (κ3) is 11.1. The standard InChI is InChI=1S/C31H44N4O6/c1-6-7-8-9-12-18-35(29(39)25(20-26(32)37)34-30(40)41-31(3,4)5)27(22-15-13-16-23(36)19-22)28(38)33-24-17-11-10-14-21(24)2/h10-11,13-17,19,25,27,36H,6-9,12,18,20H2,1-5H3,(H2,32,37)(H,33,38)(H,34,40). The third-order valence-electron chi connectivity index (χ3n) is 6.33. The third-order valence-corrected chi connectivity index (χ3v) is 6.33. The molecule has 10 heteroatoms. The number of rotatable bonds is 14. The van der Waals surface area contributed by atoms with Gasteiger partial charge in [0.25, 0.3) is 5.91 Å². The first-order chi connectivity index (χ1) is 19.3. The number of hydrogen-bond acceptors (Lipinski definition) is 6. The Bertz CT molecular complexity index is 1190. The van der Waals surface area contributed by atoms with Crippen LogP contribution in [0.4, 0.5) is 10.5 Å². The summed E-state index contributed by atoms with van der Waals surface area (Å²) in [6, 6.07) is 10.8. The van der Waals surface area contributed by atoms with E-state index >= 15 is 0 Å². The van der Waals surface area contributed by atoms with Crippen LogP contribution in [0.25, 0.3) is 0 Å². The summed E-state index contributed by atoms with van der Waals surface area (Å²) < 4.78 is 5.32. The van der Waals surface area contributed by atoms with Gasteiger partial charge in [-0.05, 0) is 63.4 Å². The van der Waals surface area contributed by atoms with Crippen LogP contribution in [0.2, 0.25) is 0 Å². The summed E-state index contributed by atoms with van der Waals surface area (Å²) in [6.45, 7) is 9.13. The molecule has 2 atom stereocenters. The number of anilines is 1. The molecule has 10 nitrogen and oxygen atoms in total. The fourth-order valence-electron chi connectivity index (χ4n) is 4.39. The van der Waals surface area contributed by atoms with Crippen molar-refractivity contribution in [3.05, 3.63) is 59.7 Å². The molecule has 2 rings (SSSR count). The molecule has 0 aromatic heterocycles. The van der Waals surface area contributed by atoms with Crippen molar-refractivity contribution in [2.24, 2.45) is 5.73 Å². The second-order valence-corrected chi connectivity index (χ2v) is 11.1. The van der Waals surface area contributed by atoms with Gasteiger partial charge in [-0.25, -0.2) is 4.79 Å². The van der Waals surface area contributed by atoms with Gasteiger partial charge in [0.15, 0.2) is 0 Å². The van der Waals surface area contributed by atoms with Crippen LogP contribution in [0.15, 0.2) is 48.5 Å². The number of unbranched alkanes of at least 4 members (excludes halogenated alkanes) is 4. The molecule has 0 saturated carbocycles. The predicted octanol–water partition coefficient (Wildman–Crippen LogP) is 4.95. The highest BCUT2D eigenvalue weighted by Crippen LogP contribution is 2.28. The van der Waals surface area contributed by atoms with Crippen molar-refractivity contribution in [3.63, 3.8) is 0 Å². The Morgan fingerprint density at radius 2 is 1.68 bits per heavy atom. The maximum absolute atomic E-state index is 14.1. The van der Waals surface area contributed by atoms with E-state index in [-0.39, 0.29) is 12.3 Å². The maximum Gasteiger partial charge on any atom is 0.408 e. The Morgan fingerprint density at radius 1 is 1.00 bits per heavy atom. The Morgan fingerprint density at radius 3 is 2.29 bits per heavy atom. The molecule has 0 aliphatic heterocycles. The zero-order chi connectivity index (χ0) is 30.6. The van der Waals surface area contributed by atoms with Gasteiger partial charge < -0.3 is 31.1 Å². The summed E-state index contributed by atoms with van der Waals surface area (Å²) >= 11 is 0. The van der Waals surface area contributed by atoms with E-state index in [1.807, 2.05) is 19.1 Å². The smallest absolute Gasteiger partial charge is 0.408 e. The monoisotopic (exact) mass is 568 g/mol. The van der Waals surface area contributed by atoms with Crippen molar-refractivity contribution < 1.29 is 29.0 Å². The lowest BCUT2D eigenvalue weighted by Crippen LogP contribution is -2.53. The molecule has 0 aliphatic rings. The SMILES string of the molecule is CCCCCCCN(C(=O)C(CC(N)=O)NC(=O)OC(C)(C)C)C(C(=O)Nc1ccccc1C)c1cccc(O)c1. The molecule has 41 heavy (non-hydrogen) atoms. The number of carbonyl (C=O) groups is 4. The molecule has 0 aliphatic carbocycles. The molecule has 0 spiro atoms. The summed E-state index contributed by atoms with van der Waals surface area (Å²) in [5, 5.41) is 15.6. The summed E-state index contributed by atoms with van der Waals surface area (Å²) in [5.74, 6) is -2.06. The second-order valence-electron chi connectivity index (χ2n) is 11.1. The van der Waals surface area contributed by atoms with Gasteiger partial charge in [-0.2, -0.15) is 0 Å². The molecule has 0 radical (unpaired) electrons. The fraction of sp³-hybridized carbons (Fsp3) is 0.484. The summed E-state index contributed by atoms with van der Waals surface area (Å²) in [5.41, 5.74) is 6.38. The molecular formula is C31H44N4O6. The molecule has 0 fully saturated rings. The van der Waals surface area contributed by atoms with Gasteiger partial charge in [-0.1, -0.05) is 62.9 Å². The Balaban J connectivity index is 2.54. The average Bonchev–Trinajstić information content (AvgIpc) is 2.87. The normalized spacial score (nSPS) is 12.6. The first kappa shape index (κ1) is 33.1. The lowest BCUT2D eigenvalue weighted by Gasteiger charge is -2.34. The number of nitrogens with one attached hydrogen (secondary N) is 2. The van der Waals surface area contributed by atoms with Gasteiger partial charge in [0.2, 0.25) is 11.8 Å². The van der Waals surface area contributed by atoms with Gasteiger partial charge in [0.1, 0.15) is 23.4 Å². The van der Waals surface area contributed by atoms with Crippen molar-refractivity contribution in [1.29, 1.82) is 0 Å². The average molecular weight is 569 g/mol. The van der Waals surface area contributed by atoms with Crippen molar-refractivity contribution in [2.75, 3.05) is 11.9 Å². The highest BCUT2D eigenvalue weighted by Gasteiger charge is 2.37. The Kier molecular flexibility index (Phi) is 12.6. The molecule has 2 aromatic rings. The molecule has 0 heterocycles. The van der Waals surface area contributed by atoms with E-state index in [0.717, 1.165) is 31.2 Å². The minimum Gasteiger partial charge on any atom is -0.508 e. The number of phenolic OH excluding ortho intramolecular Hbond substituents is 1. The molecule has 0 bridgehead atoms. The van der Waals surface area contributed by atoms with E-state index in [9.17, 15) is 24.3 Å². The number of amides is 4. The number of alkyl carbamates (subject to hydrolysis) is 1. The summed E-state index contributed by atoms with van der Waals surface area (Å²) in [6.07, 6.45) is 3.02. The lowest BCUT2D eigenvalue weighted by atomic mass is 10.0. The van der Waals surface area contributed by atoms with Crippen LogP contribution in [-0.2, 0) is 19.1 Å². The minimum atomic E-state index is -1.37. The predicted molar refractivity (Wildman–Crippen MR) is 158 cm³/mol. The van der Waals surface area contributed by atoms with E-state index in [2.05, 4.69) is 17.6 Å². The van der Waals surface area contributed by atoms with Crippen LogP contribution in [0, 0.1) is 6.92 Å². The van der Waals surface area contributed by atoms with Crippen LogP contribution in [0.1, 0.15) is 83.4 Å². The highest BCUT2D eigenvalue weighted by atomic mass is 16.6. The van der Waals surface area contributed by atoms with E-state index in [1.165, 1.54) is 17.0 Å². The van der Waals surface area contributed by atoms with Crippen LogP contribution in [0.3, 0.4) is 0 Å². The van der Waals surface area contributed by atoms with Crippen LogP contribution >= 0.6 is 0 Å². The first-order valence-corrected chi connectivity index (χ1v) is 14.1. The molecule has 4 amide bonds. The number of benzene rings is 2. The zero-order valence-corrected chi connectivity index (χ0v) is 24.7. The van der Waals surface area contributed by atoms with E-state index in [0.29, 0.717) is 17.7 Å². The molecule has 224 valence electrons. The minimum absolute atomic E-state index is 0.0768. The van der Waals surface area contributed by atoms with Gasteiger partial charge >= 0.3 is 6.09 Å². The summed E-state index contributed by atoms with van der Waals surface area (Å²) in [4.78, 5) is 54.0. The fourth-order valence-corrected chi connectivity index (χ4v) is 4.39. The Labute approximate surface area is 242 Å². The number of para-hydroxylation sites is 1. The number of phenols is 1. The number of carbonyl (C=O) groups excluding carboxylic acids is 4. The largest absolute Gasteiger partial charge is 0.508 e. The lowest BCUT2D eigenvalue weighted by molar-refractivity contribution is -0.142.